The van der Waals surface area contributed by atoms with Crippen molar-refractivity contribution in [2.45, 2.75) is 25.2 Å². The molecule has 1 aliphatic rings. The zero-order valence-corrected chi connectivity index (χ0v) is 11.9. The van der Waals surface area contributed by atoms with Crippen LogP contribution < -0.4 is 4.74 Å². The summed E-state index contributed by atoms with van der Waals surface area (Å²) in [6.07, 6.45) is 3.01. The Bertz CT molecular complexity index is 773. The zero-order chi connectivity index (χ0) is 15.7. The maximum Gasteiger partial charge on any atom is 0.271 e. The number of hydrogen-bond donors (Lipinski definition) is 0. The molecule has 112 valence electrons. The normalized spacial score (nSPS) is 14.2. The predicted molar refractivity (Wildman–Crippen MR) is 75.9 cm³/mol. The number of non-ortho nitro benzene ring substituents is 1. The van der Waals surface area contributed by atoms with Gasteiger partial charge in [-0.15, -0.1) is 5.10 Å². The molecule has 0 spiro atoms. The van der Waals surface area contributed by atoms with Gasteiger partial charge in [0, 0.05) is 18.1 Å². The summed E-state index contributed by atoms with van der Waals surface area (Å²) in [6.45, 7) is 0. The highest BCUT2D eigenvalue weighted by molar-refractivity contribution is 5.54. The van der Waals surface area contributed by atoms with Crippen molar-refractivity contribution < 1.29 is 9.66 Å². The summed E-state index contributed by atoms with van der Waals surface area (Å²) in [4.78, 5) is 10.5. The Morgan fingerprint density at radius 1 is 1.50 bits per heavy atom. The second-order valence-electron chi connectivity index (χ2n) is 5.09. The highest BCUT2D eigenvalue weighted by atomic mass is 16.6. The quantitative estimate of drug-likeness (QED) is 0.633. The Balaban J connectivity index is 2.18. The average molecular weight is 299 g/mol. The van der Waals surface area contributed by atoms with Gasteiger partial charge in [0.25, 0.3) is 5.69 Å². The Kier molecular flexibility index (Phi) is 3.47. The van der Waals surface area contributed by atoms with Crippen LogP contribution in [0.15, 0.2) is 18.2 Å². The van der Waals surface area contributed by atoms with Gasteiger partial charge in [0.1, 0.15) is 17.5 Å². The molecule has 0 bridgehead atoms. The van der Waals surface area contributed by atoms with Crippen LogP contribution in [0.5, 0.6) is 5.75 Å². The molecule has 1 fully saturated rings. The first-order valence-electron chi connectivity index (χ1n) is 6.84. The summed E-state index contributed by atoms with van der Waals surface area (Å²) in [7, 11) is 1.48. The van der Waals surface area contributed by atoms with Crippen molar-refractivity contribution in [2.75, 3.05) is 7.11 Å². The Hall–Kier alpha value is -2.95. The van der Waals surface area contributed by atoms with E-state index >= 15 is 0 Å². The van der Waals surface area contributed by atoms with E-state index < -0.39 is 4.92 Å². The van der Waals surface area contributed by atoms with Crippen LogP contribution in [-0.4, -0.2) is 27.0 Å². The van der Waals surface area contributed by atoms with Crippen molar-refractivity contribution in [1.29, 1.82) is 5.26 Å². The number of nitriles is 1. The molecule has 2 aromatic rings. The number of nitrogens with zero attached hydrogens (tertiary/aromatic N) is 5. The van der Waals surface area contributed by atoms with E-state index in [1.807, 2.05) is 6.07 Å². The molecule has 1 aromatic heterocycles. The SMILES string of the molecule is COc1ccc([N+](=O)[O-])cc1-n1nnc(C#N)c1C1CCC1. The van der Waals surface area contributed by atoms with E-state index in [2.05, 4.69) is 10.3 Å². The first-order valence-corrected chi connectivity index (χ1v) is 6.84. The van der Waals surface area contributed by atoms with Gasteiger partial charge in [0.15, 0.2) is 5.69 Å². The maximum absolute atomic E-state index is 11.0. The molecule has 22 heavy (non-hydrogen) atoms. The minimum atomic E-state index is -0.478. The highest BCUT2D eigenvalue weighted by Gasteiger charge is 2.29. The monoisotopic (exact) mass is 299 g/mol. The lowest BCUT2D eigenvalue weighted by Crippen LogP contribution is -2.16. The fraction of sp³-hybridized carbons (Fsp3) is 0.357. The van der Waals surface area contributed by atoms with E-state index in [0.29, 0.717) is 17.1 Å². The van der Waals surface area contributed by atoms with Crippen LogP contribution in [0.25, 0.3) is 5.69 Å². The first kappa shape index (κ1) is 14.0. The van der Waals surface area contributed by atoms with Gasteiger partial charge in [-0.2, -0.15) is 5.26 Å². The van der Waals surface area contributed by atoms with E-state index in [0.717, 1.165) is 19.3 Å². The summed E-state index contributed by atoms with van der Waals surface area (Å²) < 4.78 is 6.76. The van der Waals surface area contributed by atoms with Crippen LogP contribution in [0.2, 0.25) is 0 Å². The lowest BCUT2D eigenvalue weighted by atomic mass is 9.82. The molecule has 0 radical (unpaired) electrons. The lowest BCUT2D eigenvalue weighted by Gasteiger charge is -2.26. The van der Waals surface area contributed by atoms with Crippen molar-refractivity contribution in [1.82, 2.24) is 15.0 Å². The summed E-state index contributed by atoms with van der Waals surface area (Å²) in [5, 5.41) is 28.1. The Labute approximate surface area is 126 Å². The molecule has 1 aliphatic carbocycles. The molecular weight excluding hydrogens is 286 g/mol. The van der Waals surface area contributed by atoms with E-state index in [1.165, 1.54) is 30.0 Å². The van der Waals surface area contributed by atoms with Gasteiger partial charge >= 0.3 is 0 Å². The van der Waals surface area contributed by atoms with Gasteiger partial charge in [-0.25, -0.2) is 4.68 Å². The Morgan fingerprint density at radius 2 is 2.27 bits per heavy atom. The third kappa shape index (κ3) is 2.16. The number of nitro groups is 1. The molecule has 1 saturated carbocycles. The molecule has 0 saturated heterocycles. The van der Waals surface area contributed by atoms with E-state index in [9.17, 15) is 15.4 Å². The summed E-state index contributed by atoms with van der Waals surface area (Å²) in [5.41, 5.74) is 1.32. The van der Waals surface area contributed by atoms with Crippen molar-refractivity contribution in [3.05, 3.63) is 39.7 Å². The zero-order valence-electron chi connectivity index (χ0n) is 11.9. The highest BCUT2D eigenvalue weighted by Crippen LogP contribution is 2.39. The van der Waals surface area contributed by atoms with Gasteiger partial charge in [-0.1, -0.05) is 11.6 Å². The third-order valence-corrected chi connectivity index (χ3v) is 3.90. The largest absolute Gasteiger partial charge is 0.494 e. The smallest absolute Gasteiger partial charge is 0.271 e. The van der Waals surface area contributed by atoms with Gasteiger partial charge in [-0.3, -0.25) is 10.1 Å². The molecule has 1 aromatic carbocycles. The van der Waals surface area contributed by atoms with E-state index in [1.54, 1.807) is 0 Å². The number of nitro benzene ring substituents is 1. The van der Waals surface area contributed by atoms with Crippen molar-refractivity contribution in [2.24, 2.45) is 0 Å². The van der Waals surface area contributed by atoms with Gasteiger partial charge < -0.3 is 4.74 Å². The first-order chi connectivity index (χ1) is 10.7. The molecule has 0 atom stereocenters. The van der Waals surface area contributed by atoms with Crippen molar-refractivity contribution >= 4 is 5.69 Å². The minimum absolute atomic E-state index is 0.0654. The van der Waals surface area contributed by atoms with Crippen LogP contribution in [0.1, 0.15) is 36.6 Å². The third-order valence-electron chi connectivity index (χ3n) is 3.90. The number of aromatic nitrogens is 3. The number of rotatable bonds is 4. The van der Waals surface area contributed by atoms with Gasteiger partial charge in [0.05, 0.1) is 17.7 Å². The predicted octanol–water partition coefficient (Wildman–Crippen LogP) is 2.32. The number of ether oxygens (including phenoxy) is 1. The number of hydrogen-bond acceptors (Lipinski definition) is 6. The standard InChI is InChI=1S/C14H13N5O3/c1-22-13-6-5-10(19(20)21)7-12(13)18-14(9-3-2-4-9)11(8-15)16-17-18/h5-7,9H,2-4H2,1H3. The van der Waals surface area contributed by atoms with Crippen LogP contribution in [0.3, 0.4) is 0 Å². The summed E-state index contributed by atoms with van der Waals surface area (Å²) in [5.74, 6) is 0.647. The van der Waals surface area contributed by atoms with E-state index in [4.69, 9.17) is 4.74 Å². The molecular formula is C14H13N5O3. The summed E-state index contributed by atoms with van der Waals surface area (Å²) in [6, 6.07) is 6.31. The topological polar surface area (TPSA) is 107 Å². The van der Waals surface area contributed by atoms with Crippen LogP contribution in [0, 0.1) is 21.4 Å². The van der Waals surface area contributed by atoms with Gasteiger partial charge in [-0.05, 0) is 18.9 Å². The van der Waals surface area contributed by atoms with Crippen LogP contribution in [0.4, 0.5) is 5.69 Å². The average Bonchev–Trinajstić information content (AvgIpc) is 2.88. The van der Waals surface area contributed by atoms with Gasteiger partial charge in [0.2, 0.25) is 0 Å². The minimum Gasteiger partial charge on any atom is -0.494 e. The van der Waals surface area contributed by atoms with E-state index in [-0.39, 0.29) is 17.3 Å². The van der Waals surface area contributed by atoms with Crippen LogP contribution >= 0.6 is 0 Å². The maximum atomic E-state index is 11.0. The molecule has 1 heterocycles. The number of methoxy groups -OCH3 is 1. The number of benzene rings is 1. The Morgan fingerprint density at radius 3 is 2.82 bits per heavy atom. The fourth-order valence-electron chi connectivity index (χ4n) is 2.55. The van der Waals surface area contributed by atoms with Crippen LogP contribution in [-0.2, 0) is 0 Å². The molecule has 0 amide bonds. The lowest BCUT2D eigenvalue weighted by molar-refractivity contribution is -0.384. The fourth-order valence-corrected chi connectivity index (χ4v) is 2.55. The van der Waals surface area contributed by atoms with Crippen molar-refractivity contribution in [3.63, 3.8) is 0 Å². The molecule has 8 heteroatoms. The second kappa shape index (κ2) is 5.44. The molecule has 8 nitrogen and oxygen atoms in total. The van der Waals surface area contributed by atoms with Crippen molar-refractivity contribution in [3.8, 4) is 17.5 Å². The molecule has 0 unspecified atom stereocenters. The molecule has 0 N–H and O–H groups in total. The summed E-state index contributed by atoms with van der Waals surface area (Å²) >= 11 is 0. The molecule has 3 rings (SSSR count). The second-order valence-corrected chi connectivity index (χ2v) is 5.09. The molecule has 0 aliphatic heterocycles.